The highest BCUT2D eigenvalue weighted by Gasteiger charge is 2.07. The molecule has 0 aromatic carbocycles. The highest BCUT2D eigenvalue weighted by molar-refractivity contribution is 5.47. The number of anilines is 2. The fourth-order valence-corrected chi connectivity index (χ4v) is 1.49. The fraction of sp³-hybridized carbons (Fsp3) is 0.667. The number of nitrogens with zero attached hydrogens (tertiary/aromatic N) is 2. The first-order valence-corrected chi connectivity index (χ1v) is 6.46. The number of hydrazine groups is 1. The van der Waals surface area contributed by atoms with Gasteiger partial charge in [-0.3, -0.25) is 0 Å². The molecule has 1 heterocycles. The summed E-state index contributed by atoms with van der Waals surface area (Å²) in [7, 11) is 0. The molecule has 1 unspecified atom stereocenters. The first-order valence-electron chi connectivity index (χ1n) is 6.46. The highest BCUT2D eigenvalue weighted by atomic mass is 16.5. The minimum absolute atomic E-state index is 0.153. The first-order chi connectivity index (χ1) is 9.19. The highest BCUT2D eigenvalue weighted by Crippen LogP contribution is 2.12. The number of ether oxygens (including phenoxy) is 2. The summed E-state index contributed by atoms with van der Waals surface area (Å²) in [5.41, 5.74) is 2.52. The van der Waals surface area contributed by atoms with Crippen LogP contribution in [0.15, 0.2) is 6.07 Å². The molecule has 0 aliphatic heterocycles. The van der Waals surface area contributed by atoms with Gasteiger partial charge in [-0.05, 0) is 20.8 Å². The first kappa shape index (κ1) is 15.6. The number of nitrogens with one attached hydrogen (secondary N) is 2. The van der Waals surface area contributed by atoms with E-state index < -0.39 is 0 Å². The molecular formula is C12H23N5O2. The Kier molecular flexibility index (Phi) is 7.09. The van der Waals surface area contributed by atoms with Crippen molar-refractivity contribution < 1.29 is 9.47 Å². The van der Waals surface area contributed by atoms with Crippen LogP contribution in [0.4, 0.5) is 11.6 Å². The summed E-state index contributed by atoms with van der Waals surface area (Å²) in [6.07, 6.45) is 0. The van der Waals surface area contributed by atoms with Gasteiger partial charge in [-0.25, -0.2) is 15.8 Å². The Balaban J connectivity index is 2.69. The molecule has 0 amide bonds. The van der Waals surface area contributed by atoms with Gasteiger partial charge in [0.1, 0.15) is 18.2 Å². The molecule has 1 atom stereocenters. The summed E-state index contributed by atoms with van der Waals surface area (Å²) in [4.78, 5) is 8.58. The normalized spacial score (nSPS) is 12.2. The van der Waals surface area contributed by atoms with Crippen molar-refractivity contribution in [2.75, 3.05) is 30.6 Å². The Hall–Kier alpha value is -1.44. The van der Waals surface area contributed by atoms with Crippen LogP contribution in [0.25, 0.3) is 0 Å². The summed E-state index contributed by atoms with van der Waals surface area (Å²) >= 11 is 0. The van der Waals surface area contributed by atoms with Crippen LogP contribution in [0.2, 0.25) is 0 Å². The average Bonchev–Trinajstić information content (AvgIpc) is 2.42. The Morgan fingerprint density at radius 3 is 2.53 bits per heavy atom. The van der Waals surface area contributed by atoms with Crippen LogP contribution in [0.1, 0.15) is 26.6 Å². The molecule has 0 saturated carbocycles. The molecule has 0 radical (unpaired) electrons. The zero-order valence-electron chi connectivity index (χ0n) is 11.8. The Bertz CT molecular complexity index is 375. The molecule has 1 aromatic heterocycles. The lowest BCUT2D eigenvalue weighted by molar-refractivity contribution is 0.128. The summed E-state index contributed by atoms with van der Waals surface area (Å²) < 4.78 is 10.6. The van der Waals surface area contributed by atoms with Crippen molar-refractivity contribution in [2.45, 2.75) is 33.4 Å². The van der Waals surface area contributed by atoms with Gasteiger partial charge in [-0.15, -0.1) is 0 Å². The number of nitrogens with two attached hydrogens (primary N) is 1. The topological polar surface area (TPSA) is 94.3 Å². The van der Waals surface area contributed by atoms with Gasteiger partial charge in [-0.2, -0.15) is 0 Å². The van der Waals surface area contributed by atoms with Crippen LogP contribution in [-0.4, -0.2) is 35.8 Å². The zero-order chi connectivity index (χ0) is 14.1. The summed E-state index contributed by atoms with van der Waals surface area (Å²) in [5.74, 6) is 7.23. The molecule has 0 aliphatic rings. The maximum absolute atomic E-state index is 5.39. The second-order valence-corrected chi connectivity index (χ2v) is 4.04. The lowest BCUT2D eigenvalue weighted by atomic mass is 10.3. The van der Waals surface area contributed by atoms with E-state index in [9.17, 15) is 0 Å². The molecule has 4 N–H and O–H groups in total. The molecular weight excluding hydrogens is 246 g/mol. The van der Waals surface area contributed by atoms with E-state index in [0.717, 1.165) is 0 Å². The van der Waals surface area contributed by atoms with Crippen molar-refractivity contribution in [3.63, 3.8) is 0 Å². The van der Waals surface area contributed by atoms with Gasteiger partial charge in [-0.1, -0.05) is 0 Å². The van der Waals surface area contributed by atoms with Crippen LogP contribution in [0.5, 0.6) is 0 Å². The predicted molar refractivity (Wildman–Crippen MR) is 74.7 cm³/mol. The van der Waals surface area contributed by atoms with Crippen molar-refractivity contribution in [2.24, 2.45) is 5.84 Å². The predicted octanol–water partition coefficient (Wildman–Crippen LogP) is 1.14. The van der Waals surface area contributed by atoms with E-state index >= 15 is 0 Å². The van der Waals surface area contributed by atoms with Crippen LogP contribution >= 0.6 is 0 Å². The maximum Gasteiger partial charge on any atom is 0.158 e. The number of aromatic nitrogens is 2. The Morgan fingerprint density at radius 1 is 1.21 bits per heavy atom. The number of hydrogen-bond donors (Lipinski definition) is 3. The van der Waals surface area contributed by atoms with E-state index in [1.165, 1.54) is 0 Å². The molecule has 7 heteroatoms. The lowest BCUT2D eigenvalue weighted by Gasteiger charge is -2.15. The van der Waals surface area contributed by atoms with Crippen molar-refractivity contribution in [3.8, 4) is 0 Å². The van der Waals surface area contributed by atoms with Gasteiger partial charge in [0.25, 0.3) is 0 Å². The minimum Gasteiger partial charge on any atom is -0.380 e. The van der Waals surface area contributed by atoms with Crippen molar-refractivity contribution >= 4 is 11.6 Å². The second kappa shape index (κ2) is 8.63. The molecule has 19 heavy (non-hydrogen) atoms. The molecule has 0 aliphatic carbocycles. The Morgan fingerprint density at radius 2 is 1.89 bits per heavy atom. The van der Waals surface area contributed by atoms with E-state index in [1.807, 2.05) is 20.8 Å². The van der Waals surface area contributed by atoms with Crippen LogP contribution < -0.4 is 16.6 Å². The fourth-order valence-electron chi connectivity index (χ4n) is 1.49. The summed E-state index contributed by atoms with van der Waals surface area (Å²) in [6.45, 7) is 8.21. The SMILES string of the molecule is CCOCc1nc(NN)cc(NC(C)COCC)n1. The molecule has 0 bridgehead atoms. The molecule has 0 spiro atoms. The van der Waals surface area contributed by atoms with Gasteiger partial charge in [0.2, 0.25) is 0 Å². The third kappa shape index (κ3) is 5.82. The van der Waals surface area contributed by atoms with E-state index in [2.05, 4.69) is 20.7 Å². The summed E-state index contributed by atoms with van der Waals surface area (Å²) in [5, 5.41) is 3.24. The number of rotatable bonds is 9. The van der Waals surface area contributed by atoms with Crippen molar-refractivity contribution in [3.05, 3.63) is 11.9 Å². The second-order valence-electron chi connectivity index (χ2n) is 4.04. The molecule has 1 aromatic rings. The van der Waals surface area contributed by atoms with E-state index in [0.29, 0.717) is 43.9 Å². The molecule has 1 rings (SSSR count). The molecule has 0 saturated heterocycles. The van der Waals surface area contributed by atoms with Crippen LogP contribution in [-0.2, 0) is 16.1 Å². The van der Waals surface area contributed by atoms with E-state index in [1.54, 1.807) is 6.07 Å². The lowest BCUT2D eigenvalue weighted by Crippen LogP contribution is -2.23. The largest absolute Gasteiger partial charge is 0.380 e. The number of nitrogen functional groups attached to an aromatic ring is 1. The molecule has 0 fully saturated rings. The summed E-state index contributed by atoms with van der Waals surface area (Å²) in [6, 6.07) is 1.90. The zero-order valence-corrected chi connectivity index (χ0v) is 11.8. The maximum atomic E-state index is 5.39. The smallest absolute Gasteiger partial charge is 0.158 e. The van der Waals surface area contributed by atoms with Crippen molar-refractivity contribution in [1.29, 1.82) is 0 Å². The van der Waals surface area contributed by atoms with Gasteiger partial charge >= 0.3 is 0 Å². The number of hydrogen-bond acceptors (Lipinski definition) is 7. The monoisotopic (exact) mass is 269 g/mol. The van der Waals surface area contributed by atoms with Gasteiger partial charge in [0.15, 0.2) is 5.82 Å². The average molecular weight is 269 g/mol. The third-order valence-electron chi connectivity index (χ3n) is 2.32. The van der Waals surface area contributed by atoms with Gasteiger partial charge in [0.05, 0.1) is 6.61 Å². The van der Waals surface area contributed by atoms with Crippen LogP contribution in [0.3, 0.4) is 0 Å². The van der Waals surface area contributed by atoms with Gasteiger partial charge in [0, 0.05) is 25.3 Å². The molecule has 7 nitrogen and oxygen atoms in total. The third-order valence-corrected chi connectivity index (χ3v) is 2.32. The Labute approximate surface area is 113 Å². The van der Waals surface area contributed by atoms with Crippen LogP contribution in [0, 0.1) is 0 Å². The minimum atomic E-state index is 0.153. The quantitative estimate of drug-likeness (QED) is 0.457. The van der Waals surface area contributed by atoms with Crippen molar-refractivity contribution in [1.82, 2.24) is 9.97 Å². The van der Waals surface area contributed by atoms with E-state index in [-0.39, 0.29) is 6.04 Å². The standard InChI is InChI=1S/C12H23N5O2/c1-4-18-7-9(3)14-10-6-11(17-13)16-12(15-10)8-19-5-2/h6,9H,4-5,7-8,13H2,1-3H3,(H2,14,15,16,17). The van der Waals surface area contributed by atoms with Gasteiger partial charge < -0.3 is 20.2 Å². The van der Waals surface area contributed by atoms with E-state index in [4.69, 9.17) is 15.3 Å². The molecule has 108 valence electrons.